The van der Waals surface area contributed by atoms with Gasteiger partial charge in [0, 0.05) is 5.30 Å². The summed E-state index contributed by atoms with van der Waals surface area (Å²) in [5.74, 6) is 0. The Morgan fingerprint density at radius 1 is 1.67 bits per heavy atom. The Morgan fingerprint density at radius 2 is 2.50 bits per heavy atom. The standard InChI is InChI=1S/C4H5OP/c6-4-1-2-5-3-4/h1-3H,6H2. The van der Waals surface area contributed by atoms with Gasteiger partial charge in [-0.3, -0.25) is 0 Å². The highest BCUT2D eigenvalue weighted by Gasteiger charge is 1.76. The van der Waals surface area contributed by atoms with Crippen LogP contribution in [-0.2, 0) is 0 Å². The van der Waals surface area contributed by atoms with Crippen molar-refractivity contribution in [1.29, 1.82) is 0 Å². The van der Waals surface area contributed by atoms with Gasteiger partial charge in [-0.05, 0) is 6.07 Å². The minimum Gasteiger partial charge on any atom is -0.472 e. The van der Waals surface area contributed by atoms with Crippen LogP contribution in [-0.4, -0.2) is 0 Å². The lowest BCUT2D eigenvalue weighted by atomic mass is 10.7. The van der Waals surface area contributed by atoms with Gasteiger partial charge in [0.2, 0.25) is 0 Å². The van der Waals surface area contributed by atoms with Gasteiger partial charge in [0.25, 0.3) is 0 Å². The first-order valence-corrected chi connectivity index (χ1v) is 2.25. The summed E-state index contributed by atoms with van der Waals surface area (Å²) in [5, 5.41) is 1.09. The van der Waals surface area contributed by atoms with Crippen LogP contribution in [0.15, 0.2) is 23.0 Å². The van der Waals surface area contributed by atoms with Crippen molar-refractivity contribution in [2.75, 3.05) is 0 Å². The minimum absolute atomic E-state index is 1.09. The fourth-order valence-corrected chi connectivity index (χ4v) is 0.432. The molecule has 0 bridgehead atoms. The molecule has 0 amide bonds. The molecule has 0 saturated carbocycles. The molecule has 1 unspecified atom stereocenters. The first kappa shape index (κ1) is 3.89. The SMILES string of the molecule is Pc1ccoc1. The molecular formula is C4H5OP. The number of furan rings is 1. The van der Waals surface area contributed by atoms with Crippen LogP contribution in [0.1, 0.15) is 0 Å². The normalized spacial score (nSPS) is 8.83. The van der Waals surface area contributed by atoms with E-state index < -0.39 is 0 Å². The zero-order valence-corrected chi connectivity index (χ0v) is 4.37. The van der Waals surface area contributed by atoms with Gasteiger partial charge in [0.05, 0.1) is 12.5 Å². The van der Waals surface area contributed by atoms with Crippen molar-refractivity contribution in [3.8, 4) is 0 Å². The van der Waals surface area contributed by atoms with Crippen molar-refractivity contribution in [1.82, 2.24) is 0 Å². The smallest absolute Gasteiger partial charge is 0.0973 e. The van der Waals surface area contributed by atoms with E-state index in [1.54, 1.807) is 12.5 Å². The van der Waals surface area contributed by atoms with Crippen molar-refractivity contribution < 1.29 is 4.42 Å². The predicted molar refractivity (Wildman–Crippen MR) is 28.1 cm³/mol. The van der Waals surface area contributed by atoms with Gasteiger partial charge in [0.1, 0.15) is 0 Å². The molecule has 0 spiro atoms. The lowest BCUT2D eigenvalue weighted by molar-refractivity contribution is 0.569. The molecule has 1 aromatic rings. The molecule has 0 aromatic carbocycles. The summed E-state index contributed by atoms with van der Waals surface area (Å²) in [6, 6.07) is 1.88. The summed E-state index contributed by atoms with van der Waals surface area (Å²) in [6.45, 7) is 0. The Balaban J connectivity index is 3.05. The lowest BCUT2D eigenvalue weighted by Crippen LogP contribution is -1.74. The molecule has 2 heteroatoms. The zero-order chi connectivity index (χ0) is 4.41. The third-order valence-corrected chi connectivity index (χ3v) is 0.872. The fraction of sp³-hybridized carbons (Fsp3) is 0. The molecule has 0 radical (unpaired) electrons. The van der Waals surface area contributed by atoms with Gasteiger partial charge in [-0.25, -0.2) is 0 Å². The van der Waals surface area contributed by atoms with Crippen molar-refractivity contribution in [3.63, 3.8) is 0 Å². The quantitative estimate of drug-likeness (QED) is 0.439. The van der Waals surface area contributed by atoms with Crippen molar-refractivity contribution in [2.45, 2.75) is 0 Å². The maximum Gasteiger partial charge on any atom is 0.0973 e. The molecule has 1 atom stereocenters. The molecule has 0 fully saturated rings. The van der Waals surface area contributed by atoms with E-state index in [9.17, 15) is 0 Å². The van der Waals surface area contributed by atoms with Crippen LogP contribution in [0.25, 0.3) is 0 Å². The third kappa shape index (κ3) is 0.605. The molecule has 0 aliphatic carbocycles. The van der Waals surface area contributed by atoms with E-state index in [1.807, 2.05) is 6.07 Å². The molecular weight excluding hydrogens is 95.0 g/mol. The second-order valence-electron chi connectivity index (χ2n) is 1.06. The molecule has 1 nitrogen and oxygen atoms in total. The fourth-order valence-electron chi connectivity index (χ4n) is 0.275. The summed E-state index contributed by atoms with van der Waals surface area (Å²) < 4.78 is 4.69. The van der Waals surface area contributed by atoms with Crippen LogP contribution in [0.5, 0.6) is 0 Å². The van der Waals surface area contributed by atoms with E-state index in [-0.39, 0.29) is 0 Å². The molecule has 1 aromatic heterocycles. The summed E-state index contributed by atoms with van der Waals surface area (Å²) in [7, 11) is 2.52. The Morgan fingerprint density at radius 3 is 2.67 bits per heavy atom. The molecule has 0 N–H and O–H groups in total. The summed E-state index contributed by atoms with van der Waals surface area (Å²) in [6.07, 6.45) is 3.31. The van der Waals surface area contributed by atoms with Crippen molar-refractivity contribution in [2.24, 2.45) is 0 Å². The zero-order valence-electron chi connectivity index (χ0n) is 3.22. The van der Waals surface area contributed by atoms with Gasteiger partial charge >= 0.3 is 0 Å². The second kappa shape index (κ2) is 1.44. The molecule has 0 saturated heterocycles. The molecule has 1 rings (SSSR count). The van der Waals surface area contributed by atoms with E-state index in [4.69, 9.17) is 4.42 Å². The van der Waals surface area contributed by atoms with E-state index in [2.05, 4.69) is 9.24 Å². The van der Waals surface area contributed by atoms with E-state index in [1.165, 1.54) is 0 Å². The van der Waals surface area contributed by atoms with Gasteiger partial charge in [0.15, 0.2) is 0 Å². The molecule has 0 aliphatic rings. The van der Waals surface area contributed by atoms with Gasteiger partial charge in [-0.2, -0.15) is 0 Å². The Bertz CT molecular complexity index is 111. The summed E-state index contributed by atoms with van der Waals surface area (Å²) >= 11 is 0. The van der Waals surface area contributed by atoms with Gasteiger partial charge < -0.3 is 4.42 Å². The van der Waals surface area contributed by atoms with Crippen LogP contribution in [0, 0.1) is 0 Å². The second-order valence-corrected chi connectivity index (χ2v) is 1.72. The predicted octanol–water partition coefficient (Wildman–Crippen LogP) is 0.780. The minimum atomic E-state index is 1.09. The lowest BCUT2D eigenvalue weighted by Gasteiger charge is -1.63. The topological polar surface area (TPSA) is 13.1 Å². The van der Waals surface area contributed by atoms with Crippen molar-refractivity contribution >= 4 is 14.5 Å². The molecule has 6 heavy (non-hydrogen) atoms. The maximum atomic E-state index is 4.69. The summed E-state index contributed by atoms with van der Waals surface area (Å²) in [5.41, 5.74) is 0. The highest BCUT2D eigenvalue weighted by Crippen LogP contribution is 1.86. The first-order valence-electron chi connectivity index (χ1n) is 1.67. The van der Waals surface area contributed by atoms with Crippen LogP contribution >= 0.6 is 9.24 Å². The van der Waals surface area contributed by atoms with Crippen LogP contribution in [0.4, 0.5) is 0 Å². The number of hydrogen-bond donors (Lipinski definition) is 0. The monoisotopic (exact) mass is 100 g/mol. The van der Waals surface area contributed by atoms with Crippen LogP contribution in [0.3, 0.4) is 0 Å². The van der Waals surface area contributed by atoms with Crippen molar-refractivity contribution in [3.05, 3.63) is 18.6 Å². The van der Waals surface area contributed by atoms with Gasteiger partial charge in [-0.1, -0.05) is 0 Å². The molecule has 32 valence electrons. The van der Waals surface area contributed by atoms with E-state index in [0.717, 1.165) is 5.30 Å². The average Bonchev–Trinajstić information content (AvgIpc) is 1.86. The van der Waals surface area contributed by atoms with Crippen LogP contribution in [0.2, 0.25) is 0 Å². The highest BCUT2D eigenvalue weighted by molar-refractivity contribution is 7.27. The summed E-state index contributed by atoms with van der Waals surface area (Å²) in [4.78, 5) is 0. The Labute approximate surface area is 38.6 Å². The number of hydrogen-bond acceptors (Lipinski definition) is 1. The Kier molecular flexibility index (Phi) is 0.932. The Hall–Kier alpha value is -0.290. The molecule has 1 heterocycles. The average molecular weight is 100 g/mol. The van der Waals surface area contributed by atoms with Gasteiger partial charge in [-0.15, -0.1) is 9.24 Å². The van der Waals surface area contributed by atoms with E-state index in [0.29, 0.717) is 0 Å². The first-order chi connectivity index (χ1) is 2.89. The molecule has 0 aliphatic heterocycles. The third-order valence-electron chi connectivity index (χ3n) is 0.543. The highest BCUT2D eigenvalue weighted by atomic mass is 31.0. The number of rotatable bonds is 0. The largest absolute Gasteiger partial charge is 0.472 e. The van der Waals surface area contributed by atoms with E-state index >= 15 is 0 Å². The van der Waals surface area contributed by atoms with Crippen LogP contribution < -0.4 is 5.30 Å². The maximum absolute atomic E-state index is 4.69.